The van der Waals surface area contributed by atoms with E-state index in [1.807, 2.05) is 0 Å². The number of hydrogen-bond acceptors (Lipinski definition) is 1. The molecule has 1 atom stereocenters. The van der Waals surface area contributed by atoms with Gasteiger partial charge in [0.2, 0.25) is 0 Å². The Morgan fingerprint density at radius 1 is 1.19 bits per heavy atom. The third-order valence-electron chi connectivity index (χ3n) is 3.61. The quantitative estimate of drug-likeness (QED) is 0.759. The van der Waals surface area contributed by atoms with Gasteiger partial charge in [-0.05, 0) is 50.3 Å². The van der Waals surface area contributed by atoms with Gasteiger partial charge in [-0.1, -0.05) is 30.4 Å². The summed E-state index contributed by atoms with van der Waals surface area (Å²) in [5, 5.41) is 3.70. The lowest BCUT2D eigenvalue weighted by molar-refractivity contribution is 0.470. The van der Waals surface area contributed by atoms with Crippen molar-refractivity contribution in [1.82, 2.24) is 5.32 Å². The van der Waals surface area contributed by atoms with Crippen LogP contribution in [0.5, 0.6) is 0 Å². The van der Waals surface area contributed by atoms with Crippen LogP contribution in [-0.4, -0.2) is 6.04 Å². The van der Waals surface area contributed by atoms with Gasteiger partial charge in [0.1, 0.15) is 0 Å². The first kappa shape index (κ1) is 11.4. The van der Waals surface area contributed by atoms with Crippen LogP contribution in [0.3, 0.4) is 0 Å². The summed E-state index contributed by atoms with van der Waals surface area (Å²) in [6, 6.07) is 7.66. The number of nitrogens with one attached hydrogen (secondary N) is 1. The second kappa shape index (κ2) is 4.84. The number of aryl methyl sites for hydroxylation is 1. The molecule has 0 heterocycles. The van der Waals surface area contributed by atoms with Crippen LogP contribution in [0.1, 0.15) is 42.5 Å². The highest BCUT2D eigenvalue weighted by Crippen LogP contribution is 2.22. The van der Waals surface area contributed by atoms with Gasteiger partial charge in [-0.2, -0.15) is 0 Å². The Kier molecular flexibility index (Phi) is 3.45. The average molecular weight is 215 g/mol. The van der Waals surface area contributed by atoms with Gasteiger partial charge in [0.05, 0.1) is 0 Å². The van der Waals surface area contributed by atoms with Crippen molar-refractivity contribution in [2.24, 2.45) is 0 Å². The lowest BCUT2D eigenvalue weighted by Gasteiger charge is -2.22. The van der Waals surface area contributed by atoms with Gasteiger partial charge >= 0.3 is 0 Å². The molecule has 1 aromatic carbocycles. The van der Waals surface area contributed by atoms with E-state index in [0.29, 0.717) is 12.1 Å². The molecule has 0 radical (unpaired) electrons. The predicted octanol–water partition coefficient (Wildman–Crippen LogP) is 3.67. The zero-order valence-electron chi connectivity index (χ0n) is 10.5. The molecule has 0 fully saturated rings. The molecular formula is C15H21N. The van der Waals surface area contributed by atoms with E-state index in [0.717, 1.165) is 0 Å². The maximum atomic E-state index is 3.70. The zero-order chi connectivity index (χ0) is 11.5. The van der Waals surface area contributed by atoms with Gasteiger partial charge in [0, 0.05) is 12.1 Å². The van der Waals surface area contributed by atoms with E-state index >= 15 is 0 Å². The molecular weight excluding hydrogens is 194 g/mol. The molecule has 2 rings (SSSR count). The summed E-state index contributed by atoms with van der Waals surface area (Å²) < 4.78 is 0. The molecule has 1 N–H and O–H groups in total. The highest BCUT2D eigenvalue weighted by atomic mass is 14.9. The average Bonchev–Trinajstić information content (AvgIpc) is 2.74. The third kappa shape index (κ3) is 2.35. The smallest absolute Gasteiger partial charge is 0.0297 e. The van der Waals surface area contributed by atoms with E-state index in [2.05, 4.69) is 56.4 Å². The van der Waals surface area contributed by atoms with Crippen molar-refractivity contribution in [1.29, 1.82) is 0 Å². The Bertz CT molecular complexity index is 384. The molecule has 1 aromatic rings. The summed E-state index contributed by atoms with van der Waals surface area (Å²) in [4.78, 5) is 0. The normalized spacial score (nSPS) is 17.9. The van der Waals surface area contributed by atoms with Crippen molar-refractivity contribution >= 4 is 0 Å². The van der Waals surface area contributed by atoms with Crippen LogP contribution in [0.2, 0.25) is 0 Å². The van der Waals surface area contributed by atoms with Crippen LogP contribution in [0.4, 0.5) is 0 Å². The van der Waals surface area contributed by atoms with Gasteiger partial charge in [-0.25, -0.2) is 0 Å². The van der Waals surface area contributed by atoms with Crippen molar-refractivity contribution in [2.45, 2.75) is 45.7 Å². The van der Waals surface area contributed by atoms with Crippen molar-refractivity contribution in [3.8, 4) is 0 Å². The first-order valence-electron chi connectivity index (χ1n) is 6.15. The van der Waals surface area contributed by atoms with Gasteiger partial charge in [-0.15, -0.1) is 0 Å². The topological polar surface area (TPSA) is 12.0 Å². The minimum atomic E-state index is 0.449. The van der Waals surface area contributed by atoms with E-state index < -0.39 is 0 Å². The Hall–Kier alpha value is -1.08. The molecule has 0 saturated heterocycles. The molecule has 86 valence electrons. The maximum absolute atomic E-state index is 3.70. The molecule has 1 aliphatic rings. The van der Waals surface area contributed by atoms with Gasteiger partial charge in [-0.3, -0.25) is 0 Å². The van der Waals surface area contributed by atoms with E-state index in [1.54, 1.807) is 0 Å². The van der Waals surface area contributed by atoms with Crippen LogP contribution in [0, 0.1) is 13.8 Å². The molecule has 0 aromatic heterocycles. The molecule has 0 spiro atoms. The SMILES string of the molecule is Cc1cccc(C(C)NC2CC=CC2)c1C. The first-order valence-corrected chi connectivity index (χ1v) is 6.15. The third-order valence-corrected chi connectivity index (χ3v) is 3.61. The largest absolute Gasteiger partial charge is 0.307 e. The monoisotopic (exact) mass is 215 g/mol. The van der Waals surface area contributed by atoms with E-state index in [4.69, 9.17) is 0 Å². The zero-order valence-corrected chi connectivity index (χ0v) is 10.5. The Labute approximate surface area is 98.6 Å². The van der Waals surface area contributed by atoms with Crippen molar-refractivity contribution in [3.63, 3.8) is 0 Å². The fourth-order valence-corrected chi connectivity index (χ4v) is 2.44. The van der Waals surface area contributed by atoms with Crippen molar-refractivity contribution in [3.05, 3.63) is 47.0 Å². The van der Waals surface area contributed by atoms with Gasteiger partial charge < -0.3 is 5.32 Å². The summed E-state index contributed by atoms with van der Waals surface area (Å²) in [6.45, 7) is 6.67. The lowest BCUT2D eigenvalue weighted by Crippen LogP contribution is -2.29. The number of rotatable bonds is 3. The maximum Gasteiger partial charge on any atom is 0.0297 e. The molecule has 1 aliphatic carbocycles. The summed E-state index contributed by atoms with van der Waals surface area (Å²) in [6.07, 6.45) is 6.89. The molecule has 1 heteroatoms. The summed E-state index contributed by atoms with van der Waals surface area (Å²) in [7, 11) is 0. The molecule has 0 amide bonds. The minimum Gasteiger partial charge on any atom is -0.307 e. The minimum absolute atomic E-state index is 0.449. The Morgan fingerprint density at radius 2 is 1.88 bits per heavy atom. The fraction of sp³-hybridized carbons (Fsp3) is 0.467. The summed E-state index contributed by atoms with van der Waals surface area (Å²) in [5.74, 6) is 0. The van der Waals surface area contributed by atoms with Gasteiger partial charge in [0.15, 0.2) is 0 Å². The summed E-state index contributed by atoms with van der Waals surface area (Å²) >= 11 is 0. The first-order chi connectivity index (χ1) is 7.68. The van der Waals surface area contributed by atoms with Gasteiger partial charge in [0.25, 0.3) is 0 Å². The molecule has 0 saturated carbocycles. The standard InChI is InChI=1S/C15H21N/c1-11-7-6-10-15(12(11)2)13(3)16-14-8-4-5-9-14/h4-7,10,13-14,16H,8-9H2,1-3H3. The molecule has 0 aliphatic heterocycles. The molecule has 1 nitrogen and oxygen atoms in total. The predicted molar refractivity (Wildman–Crippen MR) is 69.6 cm³/mol. The molecule has 1 unspecified atom stereocenters. The highest BCUT2D eigenvalue weighted by Gasteiger charge is 2.15. The Morgan fingerprint density at radius 3 is 2.56 bits per heavy atom. The van der Waals surface area contributed by atoms with E-state index in [-0.39, 0.29) is 0 Å². The second-order valence-corrected chi connectivity index (χ2v) is 4.82. The van der Waals surface area contributed by atoms with E-state index in [9.17, 15) is 0 Å². The molecule has 0 bridgehead atoms. The van der Waals surface area contributed by atoms with Crippen molar-refractivity contribution < 1.29 is 0 Å². The summed E-state index contributed by atoms with van der Waals surface area (Å²) in [5.41, 5.74) is 4.25. The van der Waals surface area contributed by atoms with Crippen LogP contribution in [-0.2, 0) is 0 Å². The molecule has 16 heavy (non-hydrogen) atoms. The number of benzene rings is 1. The van der Waals surface area contributed by atoms with Crippen LogP contribution in [0.25, 0.3) is 0 Å². The van der Waals surface area contributed by atoms with Crippen LogP contribution >= 0.6 is 0 Å². The Balaban J connectivity index is 2.08. The second-order valence-electron chi connectivity index (χ2n) is 4.82. The van der Waals surface area contributed by atoms with Crippen molar-refractivity contribution in [2.75, 3.05) is 0 Å². The van der Waals surface area contributed by atoms with Crippen LogP contribution in [0.15, 0.2) is 30.4 Å². The number of hydrogen-bond donors (Lipinski definition) is 1. The fourth-order valence-electron chi connectivity index (χ4n) is 2.44. The van der Waals surface area contributed by atoms with E-state index in [1.165, 1.54) is 29.5 Å². The van der Waals surface area contributed by atoms with Crippen LogP contribution < -0.4 is 5.32 Å². The highest BCUT2D eigenvalue weighted by molar-refractivity contribution is 5.35. The lowest BCUT2D eigenvalue weighted by atomic mass is 9.98.